The van der Waals surface area contributed by atoms with Gasteiger partial charge in [0.15, 0.2) is 5.82 Å². The number of piperazine rings is 1. The highest BCUT2D eigenvalue weighted by atomic mass is 35.5. The van der Waals surface area contributed by atoms with E-state index in [2.05, 4.69) is 20.4 Å². The van der Waals surface area contributed by atoms with Gasteiger partial charge in [0.1, 0.15) is 11.5 Å². The molecule has 1 aliphatic rings. The first-order valence-corrected chi connectivity index (χ1v) is 11.1. The number of urea groups is 1. The van der Waals surface area contributed by atoms with Gasteiger partial charge in [0.2, 0.25) is 0 Å². The first kappa shape index (κ1) is 22.9. The minimum absolute atomic E-state index is 0.195. The van der Waals surface area contributed by atoms with Crippen molar-refractivity contribution in [3.8, 4) is 22.8 Å². The van der Waals surface area contributed by atoms with Gasteiger partial charge >= 0.3 is 6.03 Å². The van der Waals surface area contributed by atoms with Crippen molar-refractivity contribution >= 4 is 40.7 Å². The van der Waals surface area contributed by atoms with Crippen LogP contribution >= 0.6 is 23.2 Å². The van der Waals surface area contributed by atoms with Crippen molar-refractivity contribution in [1.82, 2.24) is 15.1 Å². The average molecular weight is 488 g/mol. The minimum Gasteiger partial charge on any atom is -0.497 e. The van der Waals surface area contributed by atoms with Crippen LogP contribution in [0, 0.1) is 0 Å². The summed E-state index contributed by atoms with van der Waals surface area (Å²) in [5.74, 6) is 2.16. The smallest absolute Gasteiger partial charge is 0.321 e. The number of nitrogens with one attached hydrogen (secondary N) is 1. The van der Waals surface area contributed by atoms with Crippen LogP contribution < -0.4 is 19.7 Å². The molecule has 0 unspecified atom stereocenters. The summed E-state index contributed by atoms with van der Waals surface area (Å²) < 4.78 is 10.8. The molecule has 0 atom stereocenters. The summed E-state index contributed by atoms with van der Waals surface area (Å²) in [7, 11) is 3.23. The van der Waals surface area contributed by atoms with Crippen LogP contribution in [0.1, 0.15) is 0 Å². The van der Waals surface area contributed by atoms with Crippen LogP contribution in [0.5, 0.6) is 11.5 Å². The number of hydrogen-bond acceptors (Lipinski definition) is 6. The molecule has 172 valence electrons. The third-order valence-electron chi connectivity index (χ3n) is 5.34. The van der Waals surface area contributed by atoms with Crippen molar-refractivity contribution in [3.05, 3.63) is 58.6 Å². The SMILES string of the molecule is COc1ccc(OC)c(-c2ccc(N3CCN(C(=O)Nc4cc(Cl)cc(Cl)c4)CC3)nn2)c1. The van der Waals surface area contributed by atoms with Gasteiger partial charge < -0.3 is 24.6 Å². The fourth-order valence-corrected chi connectivity index (χ4v) is 4.14. The van der Waals surface area contributed by atoms with Gasteiger partial charge in [-0.1, -0.05) is 23.2 Å². The third-order valence-corrected chi connectivity index (χ3v) is 5.77. The fraction of sp³-hybridized carbons (Fsp3) is 0.261. The first-order valence-electron chi connectivity index (χ1n) is 10.3. The van der Waals surface area contributed by atoms with E-state index in [1.54, 1.807) is 37.3 Å². The fourth-order valence-electron chi connectivity index (χ4n) is 3.62. The van der Waals surface area contributed by atoms with Crippen molar-refractivity contribution in [2.75, 3.05) is 50.6 Å². The first-order chi connectivity index (χ1) is 16.0. The normalized spacial score (nSPS) is 13.6. The molecule has 2 aromatic carbocycles. The summed E-state index contributed by atoms with van der Waals surface area (Å²) in [5, 5.41) is 12.6. The van der Waals surface area contributed by atoms with Crippen LogP contribution in [-0.2, 0) is 0 Å². The Kier molecular flexibility index (Phi) is 7.05. The Morgan fingerprint density at radius 1 is 0.909 bits per heavy atom. The zero-order valence-corrected chi connectivity index (χ0v) is 19.7. The maximum atomic E-state index is 12.6. The molecule has 1 saturated heterocycles. The lowest BCUT2D eigenvalue weighted by molar-refractivity contribution is 0.208. The number of halogens is 2. The Morgan fingerprint density at radius 3 is 2.24 bits per heavy atom. The van der Waals surface area contributed by atoms with E-state index in [-0.39, 0.29) is 6.03 Å². The molecule has 0 radical (unpaired) electrons. The number of anilines is 2. The van der Waals surface area contributed by atoms with Crippen molar-refractivity contribution in [1.29, 1.82) is 0 Å². The number of aromatic nitrogens is 2. The molecule has 1 aliphatic heterocycles. The highest BCUT2D eigenvalue weighted by molar-refractivity contribution is 6.35. The minimum atomic E-state index is -0.195. The Hall–Kier alpha value is -3.23. The maximum absolute atomic E-state index is 12.6. The Bertz CT molecular complexity index is 1120. The number of rotatable bonds is 5. The zero-order chi connectivity index (χ0) is 23.4. The molecule has 8 nitrogen and oxygen atoms in total. The lowest BCUT2D eigenvalue weighted by atomic mass is 10.1. The van der Waals surface area contributed by atoms with E-state index < -0.39 is 0 Å². The van der Waals surface area contributed by atoms with Gasteiger partial charge in [0.25, 0.3) is 0 Å². The molecule has 2 amide bonds. The molecule has 1 aromatic heterocycles. The highest BCUT2D eigenvalue weighted by Gasteiger charge is 2.22. The summed E-state index contributed by atoms with van der Waals surface area (Å²) in [5.41, 5.74) is 2.06. The molecular weight excluding hydrogens is 465 g/mol. The summed E-state index contributed by atoms with van der Waals surface area (Å²) in [4.78, 5) is 16.4. The predicted octanol–water partition coefficient (Wildman–Crippen LogP) is 4.82. The standard InChI is InChI=1S/C23H23Cl2N5O3/c1-32-18-3-5-21(33-2)19(14-18)20-4-6-22(28-27-20)29-7-9-30(10-8-29)23(31)26-17-12-15(24)11-16(25)13-17/h3-6,11-14H,7-10H2,1-2H3,(H,26,31). The molecule has 1 N–H and O–H groups in total. The number of benzene rings is 2. The van der Waals surface area contributed by atoms with Crippen LogP contribution in [-0.4, -0.2) is 61.5 Å². The van der Waals surface area contributed by atoms with E-state index in [4.69, 9.17) is 32.7 Å². The van der Waals surface area contributed by atoms with E-state index in [0.717, 1.165) is 11.4 Å². The van der Waals surface area contributed by atoms with Crippen LogP contribution in [0.3, 0.4) is 0 Å². The van der Waals surface area contributed by atoms with E-state index in [1.165, 1.54) is 0 Å². The van der Waals surface area contributed by atoms with Gasteiger partial charge in [0.05, 0.1) is 19.9 Å². The topological polar surface area (TPSA) is 79.8 Å². The number of hydrogen-bond donors (Lipinski definition) is 1. The van der Waals surface area contributed by atoms with Gasteiger partial charge in [-0.3, -0.25) is 0 Å². The van der Waals surface area contributed by atoms with E-state index >= 15 is 0 Å². The summed E-state index contributed by atoms with van der Waals surface area (Å²) in [6.45, 7) is 2.38. The number of nitrogens with zero attached hydrogens (tertiary/aromatic N) is 4. The molecule has 2 heterocycles. The second-order valence-corrected chi connectivity index (χ2v) is 8.28. The van der Waals surface area contributed by atoms with Crippen molar-refractivity contribution in [3.63, 3.8) is 0 Å². The van der Waals surface area contributed by atoms with Crippen molar-refractivity contribution in [2.45, 2.75) is 0 Å². The monoisotopic (exact) mass is 487 g/mol. The molecule has 33 heavy (non-hydrogen) atoms. The maximum Gasteiger partial charge on any atom is 0.321 e. The average Bonchev–Trinajstić information content (AvgIpc) is 2.83. The molecule has 3 aromatic rings. The Morgan fingerprint density at radius 2 is 1.64 bits per heavy atom. The molecule has 0 bridgehead atoms. The number of carbonyl (C=O) groups is 1. The third kappa shape index (κ3) is 5.40. The van der Waals surface area contributed by atoms with E-state index in [9.17, 15) is 4.79 Å². The van der Waals surface area contributed by atoms with Gasteiger partial charge in [-0.15, -0.1) is 10.2 Å². The van der Waals surface area contributed by atoms with Crippen LogP contribution in [0.2, 0.25) is 10.0 Å². The van der Waals surface area contributed by atoms with Gasteiger partial charge in [0, 0.05) is 47.5 Å². The molecule has 1 fully saturated rings. The summed E-state index contributed by atoms with van der Waals surface area (Å²) in [6, 6.07) is 14.1. The largest absolute Gasteiger partial charge is 0.497 e. The van der Waals surface area contributed by atoms with Gasteiger partial charge in [-0.2, -0.15) is 0 Å². The van der Waals surface area contributed by atoms with Crippen molar-refractivity contribution in [2.24, 2.45) is 0 Å². The lowest BCUT2D eigenvalue weighted by Crippen LogP contribution is -2.50. The Balaban J connectivity index is 1.39. The molecule has 0 saturated carbocycles. The second-order valence-electron chi connectivity index (χ2n) is 7.41. The lowest BCUT2D eigenvalue weighted by Gasteiger charge is -2.35. The highest BCUT2D eigenvalue weighted by Crippen LogP contribution is 2.32. The number of carbonyl (C=O) groups excluding carboxylic acids is 1. The number of ether oxygens (including phenoxy) is 2. The second kappa shape index (κ2) is 10.1. The molecular formula is C23H23Cl2N5O3. The summed E-state index contributed by atoms with van der Waals surface area (Å²) in [6.07, 6.45) is 0. The van der Waals surface area contributed by atoms with Crippen molar-refractivity contribution < 1.29 is 14.3 Å². The number of amides is 2. The quantitative estimate of drug-likeness (QED) is 0.555. The molecule has 4 rings (SSSR count). The van der Waals surface area contributed by atoms with E-state index in [0.29, 0.717) is 59.1 Å². The zero-order valence-electron chi connectivity index (χ0n) is 18.2. The predicted molar refractivity (Wildman–Crippen MR) is 130 cm³/mol. The van der Waals surface area contributed by atoms with E-state index in [1.807, 2.05) is 30.3 Å². The Labute approximate surface area is 202 Å². The van der Waals surface area contributed by atoms with Crippen LogP contribution in [0.4, 0.5) is 16.3 Å². The molecule has 0 spiro atoms. The summed E-state index contributed by atoms with van der Waals surface area (Å²) >= 11 is 12.0. The van der Waals surface area contributed by atoms with Crippen LogP contribution in [0.25, 0.3) is 11.3 Å². The van der Waals surface area contributed by atoms with Crippen LogP contribution in [0.15, 0.2) is 48.5 Å². The molecule has 0 aliphatic carbocycles. The van der Waals surface area contributed by atoms with Gasteiger partial charge in [-0.25, -0.2) is 4.79 Å². The molecule has 10 heteroatoms. The van der Waals surface area contributed by atoms with Gasteiger partial charge in [-0.05, 0) is 48.5 Å². The number of methoxy groups -OCH3 is 2.